The predicted molar refractivity (Wildman–Crippen MR) is 96.1 cm³/mol. The Morgan fingerprint density at radius 1 is 1.20 bits per heavy atom. The smallest absolute Gasteiger partial charge is 0.268 e. The van der Waals surface area contributed by atoms with Crippen molar-refractivity contribution in [2.75, 3.05) is 5.32 Å². The number of anilines is 1. The lowest BCUT2D eigenvalue weighted by Gasteiger charge is -2.25. The second kappa shape index (κ2) is 6.94. The Kier molecular flexibility index (Phi) is 4.72. The topological polar surface area (TPSA) is 69.0 Å². The summed E-state index contributed by atoms with van der Waals surface area (Å²) in [4.78, 5) is 16.8. The Labute approximate surface area is 150 Å². The highest BCUT2D eigenvalue weighted by Crippen LogP contribution is 2.22. The van der Waals surface area contributed by atoms with E-state index in [0.29, 0.717) is 22.3 Å². The first kappa shape index (κ1) is 17.0. The van der Waals surface area contributed by atoms with Gasteiger partial charge in [0.15, 0.2) is 11.4 Å². The number of rotatable bonds is 5. The number of ether oxygens (including phenoxy) is 1. The van der Waals surface area contributed by atoms with E-state index in [1.807, 2.05) is 6.07 Å². The summed E-state index contributed by atoms with van der Waals surface area (Å²) in [6.07, 6.45) is 5.05. The SMILES string of the molecule is CC(C)(Oc1ccc(Cl)cc1)C(=O)Nc1ccc(-n2cccn2)nc1. The molecule has 0 aliphatic rings. The molecule has 3 aromatic rings. The third-order valence-electron chi connectivity index (χ3n) is 3.48. The Bertz CT molecular complexity index is 844. The maximum absolute atomic E-state index is 12.5. The summed E-state index contributed by atoms with van der Waals surface area (Å²) in [5, 5.41) is 7.52. The van der Waals surface area contributed by atoms with Gasteiger partial charge in [0, 0.05) is 17.4 Å². The van der Waals surface area contributed by atoms with Crippen molar-refractivity contribution in [2.45, 2.75) is 19.4 Å². The standard InChI is InChI=1S/C18H17ClN4O2/c1-18(2,25-15-7-4-13(19)5-8-15)17(24)22-14-6-9-16(20-12-14)23-11-3-10-21-23/h3-12H,1-2H3,(H,22,24). The van der Waals surface area contributed by atoms with Crippen LogP contribution in [0.4, 0.5) is 5.69 Å². The summed E-state index contributed by atoms with van der Waals surface area (Å²) in [7, 11) is 0. The molecule has 25 heavy (non-hydrogen) atoms. The van der Waals surface area contributed by atoms with Gasteiger partial charge < -0.3 is 10.1 Å². The number of hydrogen-bond acceptors (Lipinski definition) is 4. The number of halogens is 1. The van der Waals surface area contributed by atoms with E-state index in [1.165, 1.54) is 0 Å². The second-order valence-electron chi connectivity index (χ2n) is 5.88. The van der Waals surface area contributed by atoms with Crippen LogP contribution in [0.1, 0.15) is 13.8 Å². The van der Waals surface area contributed by atoms with E-state index in [1.54, 1.807) is 73.5 Å². The van der Waals surface area contributed by atoms with E-state index in [-0.39, 0.29) is 5.91 Å². The van der Waals surface area contributed by atoms with Gasteiger partial charge in [0.2, 0.25) is 0 Å². The van der Waals surface area contributed by atoms with Crippen molar-refractivity contribution in [1.29, 1.82) is 0 Å². The zero-order valence-electron chi connectivity index (χ0n) is 13.8. The van der Waals surface area contributed by atoms with Crippen LogP contribution in [0.3, 0.4) is 0 Å². The molecule has 2 aromatic heterocycles. The summed E-state index contributed by atoms with van der Waals surface area (Å²) in [5.41, 5.74) is -0.484. The van der Waals surface area contributed by atoms with Crippen molar-refractivity contribution in [3.8, 4) is 11.6 Å². The first-order valence-corrected chi connectivity index (χ1v) is 8.04. The van der Waals surface area contributed by atoms with Crippen LogP contribution < -0.4 is 10.1 Å². The van der Waals surface area contributed by atoms with Crippen LogP contribution in [0.15, 0.2) is 61.1 Å². The van der Waals surface area contributed by atoms with E-state index in [0.717, 1.165) is 0 Å². The van der Waals surface area contributed by atoms with Gasteiger partial charge in [-0.05, 0) is 56.3 Å². The fraction of sp³-hybridized carbons (Fsp3) is 0.167. The van der Waals surface area contributed by atoms with Gasteiger partial charge in [0.05, 0.1) is 11.9 Å². The minimum absolute atomic E-state index is 0.281. The molecule has 0 saturated heterocycles. The molecule has 0 unspecified atom stereocenters. The van der Waals surface area contributed by atoms with E-state index < -0.39 is 5.60 Å². The highest BCUT2D eigenvalue weighted by Gasteiger charge is 2.30. The largest absolute Gasteiger partial charge is 0.478 e. The van der Waals surface area contributed by atoms with Crippen LogP contribution in [0.5, 0.6) is 5.75 Å². The maximum Gasteiger partial charge on any atom is 0.268 e. The van der Waals surface area contributed by atoms with Crippen LogP contribution >= 0.6 is 11.6 Å². The second-order valence-corrected chi connectivity index (χ2v) is 6.31. The van der Waals surface area contributed by atoms with Crippen LogP contribution in [0.25, 0.3) is 5.82 Å². The minimum atomic E-state index is -1.06. The van der Waals surface area contributed by atoms with Crippen LogP contribution in [0, 0.1) is 0 Å². The lowest BCUT2D eigenvalue weighted by Crippen LogP contribution is -2.42. The van der Waals surface area contributed by atoms with Crippen LogP contribution in [-0.2, 0) is 4.79 Å². The van der Waals surface area contributed by atoms with Crippen molar-refractivity contribution in [2.24, 2.45) is 0 Å². The summed E-state index contributed by atoms with van der Waals surface area (Å²) < 4.78 is 7.41. The number of hydrogen-bond donors (Lipinski definition) is 1. The monoisotopic (exact) mass is 356 g/mol. The molecule has 0 fully saturated rings. The van der Waals surface area contributed by atoms with E-state index in [2.05, 4.69) is 15.4 Å². The molecule has 1 N–H and O–H groups in total. The molecule has 0 spiro atoms. The van der Waals surface area contributed by atoms with Gasteiger partial charge >= 0.3 is 0 Å². The lowest BCUT2D eigenvalue weighted by atomic mass is 10.1. The minimum Gasteiger partial charge on any atom is -0.478 e. The van der Waals surface area contributed by atoms with Gasteiger partial charge in [-0.15, -0.1) is 0 Å². The Morgan fingerprint density at radius 2 is 1.96 bits per heavy atom. The molecule has 0 aliphatic heterocycles. The fourth-order valence-electron chi connectivity index (χ4n) is 2.13. The Balaban J connectivity index is 1.67. The predicted octanol–water partition coefficient (Wildman–Crippen LogP) is 3.72. The molecule has 6 nitrogen and oxygen atoms in total. The van der Waals surface area contributed by atoms with Gasteiger partial charge in [-0.1, -0.05) is 11.6 Å². The molecule has 0 aliphatic carbocycles. The molecular formula is C18H17ClN4O2. The number of aromatic nitrogens is 3. The lowest BCUT2D eigenvalue weighted by molar-refractivity contribution is -0.128. The molecule has 7 heteroatoms. The third kappa shape index (κ3) is 4.16. The highest BCUT2D eigenvalue weighted by atomic mass is 35.5. The van der Waals surface area contributed by atoms with Crippen molar-refractivity contribution in [3.63, 3.8) is 0 Å². The van der Waals surface area contributed by atoms with Crippen molar-refractivity contribution >= 4 is 23.2 Å². The zero-order valence-corrected chi connectivity index (χ0v) is 14.6. The number of carbonyl (C=O) groups is 1. The average Bonchev–Trinajstić information content (AvgIpc) is 3.12. The quantitative estimate of drug-likeness (QED) is 0.756. The van der Waals surface area contributed by atoms with Gasteiger partial charge in [-0.2, -0.15) is 5.10 Å². The summed E-state index contributed by atoms with van der Waals surface area (Å²) in [6.45, 7) is 3.39. The Morgan fingerprint density at radius 3 is 2.56 bits per heavy atom. The van der Waals surface area contributed by atoms with E-state index in [4.69, 9.17) is 16.3 Å². The third-order valence-corrected chi connectivity index (χ3v) is 3.73. The molecule has 0 saturated carbocycles. The van der Waals surface area contributed by atoms with E-state index >= 15 is 0 Å². The Hall–Kier alpha value is -2.86. The molecule has 2 heterocycles. The molecule has 0 bridgehead atoms. The van der Waals surface area contributed by atoms with Crippen molar-refractivity contribution in [3.05, 3.63) is 66.1 Å². The van der Waals surface area contributed by atoms with Gasteiger partial charge in [0.25, 0.3) is 5.91 Å². The number of nitrogens with zero attached hydrogens (tertiary/aromatic N) is 3. The molecular weight excluding hydrogens is 340 g/mol. The first-order valence-electron chi connectivity index (χ1n) is 7.66. The molecule has 1 aromatic carbocycles. The molecule has 0 atom stereocenters. The molecule has 0 radical (unpaired) electrons. The number of benzene rings is 1. The zero-order chi connectivity index (χ0) is 17.9. The summed E-state index contributed by atoms with van der Waals surface area (Å²) >= 11 is 5.85. The van der Waals surface area contributed by atoms with Gasteiger partial charge in [0.1, 0.15) is 5.75 Å². The molecule has 128 valence electrons. The highest BCUT2D eigenvalue weighted by molar-refractivity contribution is 6.30. The van der Waals surface area contributed by atoms with Gasteiger partial charge in [-0.25, -0.2) is 9.67 Å². The van der Waals surface area contributed by atoms with Crippen molar-refractivity contribution < 1.29 is 9.53 Å². The maximum atomic E-state index is 12.5. The first-order chi connectivity index (χ1) is 11.9. The van der Waals surface area contributed by atoms with Crippen molar-refractivity contribution in [1.82, 2.24) is 14.8 Å². The van der Waals surface area contributed by atoms with Crippen LogP contribution in [0.2, 0.25) is 5.02 Å². The van der Waals surface area contributed by atoms with Crippen LogP contribution in [-0.4, -0.2) is 26.3 Å². The fourth-order valence-corrected chi connectivity index (χ4v) is 2.25. The number of nitrogens with one attached hydrogen (secondary N) is 1. The number of pyridine rings is 1. The number of amides is 1. The summed E-state index contributed by atoms with van der Waals surface area (Å²) in [6, 6.07) is 12.2. The normalized spacial score (nSPS) is 11.2. The molecule has 3 rings (SSSR count). The number of carbonyl (C=O) groups excluding carboxylic acids is 1. The van der Waals surface area contributed by atoms with E-state index in [9.17, 15) is 4.79 Å². The van der Waals surface area contributed by atoms with Gasteiger partial charge in [-0.3, -0.25) is 4.79 Å². The summed E-state index contributed by atoms with van der Waals surface area (Å²) in [5.74, 6) is 0.951. The molecule has 1 amide bonds. The average molecular weight is 357 g/mol.